The van der Waals surface area contributed by atoms with Gasteiger partial charge in [0.2, 0.25) is 0 Å². The highest BCUT2D eigenvalue weighted by atomic mass is 15.1. The number of aryl methyl sites for hydroxylation is 3. The third-order valence-corrected chi connectivity index (χ3v) is 4.75. The van der Waals surface area contributed by atoms with E-state index in [4.69, 9.17) is 10.4 Å². The van der Waals surface area contributed by atoms with E-state index in [-0.39, 0.29) is 5.49 Å². The first-order valence-corrected chi connectivity index (χ1v) is 8.51. The quantitative estimate of drug-likeness (QED) is 0.598. The molecule has 1 aromatic carbocycles. The molecule has 0 amide bonds. The molecule has 2 N–H and O–H groups in total. The van der Waals surface area contributed by atoms with Gasteiger partial charge in [-0.2, -0.15) is 0 Å². The van der Waals surface area contributed by atoms with Crippen LogP contribution in [0.1, 0.15) is 22.4 Å². The van der Waals surface area contributed by atoms with E-state index in [0.717, 1.165) is 33.9 Å². The van der Waals surface area contributed by atoms with Crippen LogP contribution in [0.25, 0.3) is 22.6 Å². The molecule has 3 aromatic heterocycles. The predicted octanol–water partition coefficient (Wildman–Crippen LogP) is 3.27. The number of nitrogens with one attached hydrogen (secondary N) is 2. The summed E-state index contributed by atoms with van der Waals surface area (Å²) in [4.78, 5) is 16.7. The number of imidazole rings is 1. The van der Waals surface area contributed by atoms with Crippen LogP contribution in [0.15, 0.2) is 42.9 Å². The van der Waals surface area contributed by atoms with E-state index in [1.807, 2.05) is 42.0 Å². The van der Waals surface area contributed by atoms with Crippen molar-refractivity contribution in [2.24, 2.45) is 0 Å². The summed E-state index contributed by atoms with van der Waals surface area (Å²) in [6.45, 7) is 6.76. The minimum Gasteiger partial charge on any atom is -0.334 e. The second kappa shape index (κ2) is 6.22. The van der Waals surface area contributed by atoms with Crippen molar-refractivity contribution in [3.63, 3.8) is 0 Å². The lowest BCUT2D eigenvalue weighted by Crippen LogP contribution is -2.14. The number of aromatic nitrogens is 5. The summed E-state index contributed by atoms with van der Waals surface area (Å²) in [5.74, 6) is 0.757. The second-order valence-corrected chi connectivity index (χ2v) is 6.51. The fourth-order valence-electron chi connectivity index (χ4n) is 3.20. The van der Waals surface area contributed by atoms with E-state index in [0.29, 0.717) is 12.1 Å². The molecule has 0 aliphatic carbocycles. The van der Waals surface area contributed by atoms with Crippen LogP contribution in [0.3, 0.4) is 0 Å². The van der Waals surface area contributed by atoms with Crippen molar-refractivity contribution in [1.82, 2.24) is 24.5 Å². The first-order valence-electron chi connectivity index (χ1n) is 8.51. The molecule has 4 rings (SSSR count). The maximum Gasteiger partial charge on any atom is 0.173 e. The Morgan fingerprint density at radius 3 is 2.62 bits per heavy atom. The van der Waals surface area contributed by atoms with Crippen LogP contribution >= 0.6 is 0 Å². The van der Waals surface area contributed by atoms with Crippen LogP contribution in [0.5, 0.6) is 0 Å². The molecule has 0 spiro atoms. The standard InChI is InChI=1S/C20H20N6/c1-12-6-4-5-7-15(12)19-24-17-18(21)23-11-26(20(17)25-19)10-16-13(2)8-9-22-14(16)3/h4-9,11,21H,10H2,1-3H3,(H,24,25). The minimum atomic E-state index is 0.197. The number of nitrogens with zero attached hydrogens (tertiary/aromatic N) is 4. The van der Waals surface area contributed by atoms with E-state index >= 15 is 0 Å². The average molecular weight is 344 g/mol. The van der Waals surface area contributed by atoms with Gasteiger partial charge in [-0.15, -0.1) is 0 Å². The minimum absolute atomic E-state index is 0.197. The lowest BCUT2D eigenvalue weighted by molar-refractivity contribution is 0.769. The van der Waals surface area contributed by atoms with Gasteiger partial charge in [-0.1, -0.05) is 24.3 Å². The molecular formula is C20H20N6. The Kier molecular flexibility index (Phi) is 3.88. The lowest BCUT2D eigenvalue weighted by Gasteiger charge is -2.11. The van der Waals surface area contributed by atoms with Crippen molar-refractivity contribution in [2.45, 2.75) is 27.3 Å². The van der Waals surface area contributed by atoms with Gasteiger partial charge in [0.1, 0.15) is 11.3 Å². The van der Waals surface area contributed by atoms with E-state index in [2.05, 4.69) is 34.9 Å². The van der Waals surface area contributed by atoms with E-state index in [1.165, 1.54) is 5.56 Å². The Morgan fingerprint density at radius 2 is 1.85 bits per heavy atom. The summed E-state index contributed by atoms with van der Waals surface area (Å²) in [6.07, 6.45) is 3.50. The summed E-state index contributed by atoms with van der Waals surface area (Å²) in [7, 11) is 0. The van der Waals surface area contributed by atoms with Crippen molar-refractivity contribution in [3.8, 4) is 11.4 Å². The molecule has 26 heavy (non-hydrogen) atoms. The van der Waals surface area contributed by atoms with Gasteiger partial charge < -0.3 is 9.55 Å². The molecule has 6 nitrogen and oxygen atoms in total. The Balaban J connectivity index is 1.88. The number of pyridine rings is 1. The molecule has 0 unspecified atom stereocenters. The topological polar surface area (TPSA) is 83.2 Å². The number of hydrogen-bond acceptors (Lipinski definition) is 4. The van der Waals surface area contributed by atoms with Crippen LogP contribution in [-0.4, -0.2) is 24.5 Å². The highest BCUT2D eigenvalue weighted by molar-refractivity contribution is 5.76. The van der Waals surface area contributed by atoms with Gasteiger partial charge in [0.05, 0.1) is 12.9 Å². The Labute approximate surface area is 151 Å². The average Bonchev–Trinajstić information content (AvgIpc) is 3.07. The summed E-state index contributed by atoms with van der Waals surface area (Å²) < 4.78 is 1.97. The van der Waals surface area contributed by atoms with Crippen LogP contribution in [0.2, 0.25) is 0 Å². The zero-order valence-electron chi connectivity index (χ0n) is 15.0. The van der Waals surface area contributed by atoms with E-state index in [1.54, 1.807) is 6.33 Å². The van der Waals surface area contributed by atoms with Crippen molar-refractivity contribution in [3.05, 3.63) is 70.7 Å². The highest BCUT2D eigenvalue weighted by Gasteiger charge is 2.13. The van der Waals surface area contributed by atoms with Crippen molar-refractivity contribution in [1.29, 1.82) is 5.41 Å². The Bertz CT molecular complexity index is 1150. The lowest BCUT2D eigenvalue weighted by atomic mass is 10.1. The molecule has 6 heteroatoms. The molecule has 3 heterocycles. The van der Waals surface area contributed by atoms with Crippen LogP contribution in [-0.2, 0) is 6.54 Å². The zero-order valence-corrected chi connectivity index (χ0v) is 15.0. The second-order valence-electron chi connectivity index (χ2n) is 6.51. The normalized spacial score (nSPS) is 11.2. The maximum atomic E-state index is 8.15. The molecule has 0 atom stereocenters. The molecule has 4 aromatic rings. The third kappa shape index (κ3) is 2.69. The number of hydrogen-bond donors (Lipinski definition) is 2. The summed E-state index contributed by atoms with van der Waals surface area (Å²) in [5.41, 5.74) is 7.07. The number of benzene rings is 1. The van der Waals surface area contributed by atoms with Crippen LogP contribution < -0.4 is 5.49 Å². The Hall–Kier alpha value is -3.28. The maximum absolute atomic E-state index is 8.15. The summed E-state index contributed by atoms with van der Waals surface area (Å²) in [5, 5.41) is 8.15. The number of H-pyrrole nitrogens is 1. The molecular weight excluding hydrogens is 324 g/mol. The summed E-state index contributed by atoms with van der Waals surface area (Å²) in [6, 6.07) is 10.1. The fourth-order valence-corrected chi connectivity index (χ4v) is 3.20. The van der Waals surface area contributed by atoms with Crippen molar-refractivity contribution in [2.75, 3.05) is 0 Å². The molecule has 130 valence electrons. The van der Waals surface area contributed by atoms with Gasteiger partial charge in [0, 0.05) is 17.5 Å². The Morgan fingerprint density at radius 1 is 1.04 bits per heavy atom. The van der Waals surface area contributed by atoms with E-state index < -0.39 is 0 Å². The molecule has 0 radical (unpaired) electrons. The largest absolute Gasteiger partial charge is 0.334 e. The molecule has 0 aliphatic rings. The number of fused-ring (bicyclic) bond motifs is 1. The molecule has 0 saturated carbocycles. The molecule has 0 fully saturated rings. The molecule has 0 saturated heterocycles. The van der Waals surface area contributed by atoms with Crippen LogP contribution in [0, 0.1) is 26.2 Å². The van der Waals surface area contributed by atoms with Gasteiger partial charge in [0.15, 0.2) is 11.1 Å². The van der Waals surface area contributed by atoms with Gasteiger partial charge in [-0.3, -0.25) is 10.4 Å². The predicted molar refractivity (Wildman–Crippen MR) is 101 cm³/mol. The molecule has 0 aliphatic heterocycles. The smallest absolute Gasteiger partial charge is 0.173 e. The SMILES string of the molecule is Cc1ccccc1-c1nc2c([nH]1)c(=N)ncn2Cc1c(C)ccnc1C. The number of aromatic amines is 1. The monoisotopic (exact) mass is 344 g/mol. The van der Waals surface area contributed by atoms with Gasteiger partial charge in [0.25, 0.3) is 0 Å². The van der Waals surface area contributed by atoms with Crippen LogP contribution in [0.4, 0.5) is 0 Å². The van der Waals surface area contributed by atoms with Gasteiger partial charge in [-0.25, -0.2) is 9.97 Å². The molecule has 0 bridgehead atoms. The highest BCUT2D eigenvalue weighted by Crippen LogP contribution is 2.22. The fraction of sp³-hybridized carbons (Fsp3) is 0.200. The number of rotatable bonds is 3. The van der Waals surface area contributed by atoms with Crippen molar-refractivity contribution >= 4 is 11.2 Å². The van der Waals surface area contributed by atoms with E-state index in [9.17, 15) is 0 Å². The van der Waals surface area contributed by atoms with Gasteiger partial charge in [-0.05, 0) is 43.5 Å². The third-order valence-electron chi connectivity index (χ3n) is 4.75. The first-order chi connectivity index (χ1) is 12.5. The zero-order chi connectivity index (χ0) is 18.3. The summed E-state index contributed by atoms with van der Waals surface area (Å²) >= 11 is 0. The first kappa shape index (κ1) is 16.2. The van der Waals surface area contributed by atoms with Gasteiger partial charge >= 0.3 is 0 Å². The van der Waals surface area contributed by atoms with Crippen molar-refractivity contribution < 1.29 is 0 Å².